The van der Waals surface area contributed by atoms with Crippen LogP contribution < -0.4 is 4.72 Å². The average molecular weight is 360 g/mol. The molecule has 0 heterocycles. The molecule has 0 saturated heterocycles. The molecule has 0 aliphatic heterocycles. The zero-order chi connectivity index (χ0) is 18.4. The minimum atomic E-state index is -3.71. The van der Waals surface area contributed by atoms with E-state index in [2.05, 4.69) is 10.6 Å². The topological polar surface area (TPSA) is 66.5 Å². The van der Waals surface area contributed by atoms with E-state index < -0.39 is 10.0 Å². The van der Waals surface area contributed by atoms with Crippen molar-refractivity contribution in [3.8, 4) is 12.3 Å². The third-order valence-corrected chi connectivity index (χ3v) is 4.91. The minimum Gasteiger partial charge on any atom is -0.337 e. The van der Waals surface area contributed by atoms with Crippen molar-refractivity contribution < 1.29 is 17.6 Å². The molecule has 25 heavy (non-hydrogen) atoms. The predicted molar refractivity (Wildman–Crippen MR) is 92.7 cm³/mol. The number of halogens is 1. The van der Waals surface area contributed by atoms with Crippen molar-refractivity contribution in [2.45, 2.75) is 11.4 Å². The van der Waals surface area contributed by atoms with Gasteiger partial charge in [0.25, 0.3) is 5.91 Å². The molecule has 7 heteroatoms. The molecule has 130 valence electrons. The van der Waals surface area contributed by atoms with Gasteiger partial charge in [0.05, 0.1) is 11.4 Å². The molecule has 1 amide bonds. The number of amides is 1. The van der Waals surface area contributed by atoms with Crippen LogP contribution in [0, 0.1) is 18.2 Å². The first-order valence-corrected chi connectivity index (χ1v) is 8.85. The first kappa shape index (κ1) is 18.6. The van der Waals surface area contributed by atoms with E-state index in [0.717, 1.165) is 0 Å². The number of terminal acetylenes is 1. The first-order chi connectivity index (χ1) is 11.8. The number of nitrogens with one attached hydrogen (secondary N) is 1. The highest BCUT2D eigenvalue weighted by Gasteiger charge is 2.16. The lowest BCUT2D eigenvalue weighted by atomic mass is 10.1. The highest BCUT2D eigenvalue weighted by Crippen LogP contribution is 2.14. The van der Waals surface area contributed by atoms with Crippen LogP contribution in [0.3, 0.4) is 0 Å². The van der Waals surface area contributed by atoms with Crippen LogP contribution in [0.15, 0.2) is 53.4 Å². The van der Waals surface area contributed by atoms with E-state index >= 15 is 0 Å². The molecule has 0 fully saturated rings. The zero-order valence-electron chi connectivity index (χ0n) is 13.6. The summed E-state index contributed by atoms with van der Waals surface area (Å²) < 4.78 is 39.8. The quantitative estimate of drug-likeness (QED) is 0.802. The number of nitrogens with zero attached hydrogens (tertiary/aromatic N) is 1. The normalized spacial score (nSPS) is 10.9. The van der Waals surface area contributed by atoms with Gasteiger partial charge >= 0.3 is 0 Å². The van der Waals surface area contributed by atoms with Gasteiger partial charge in [-0.2, -0.15) is 4.72 Å². The van der Waals surface area contributed by atoms with Gasteiger partial charge in [-0.3, -0.25) is 4.79 Å². The Balaban J connectivity index is 2.12. The lowest BCUT2D eigenvalue weighted by Crippen LogP contribution is -2.27. The average Bonchev–Trinajstić information content (AvgIpc) is 2.61. The van der Waals surface area contributed by atoms with E-state index in [4.69, 9.17) is 6.42 Å². The summed E-state index contributed by atoms with van der Waals surface area (Å²) in [4.78, 5) is 13.8. The molecule has 0 atom stereocenters. The van der Waals surface area contributed by atoms with Gasteiger partial charge in [-0.25, -0.2) is 12.8 Å². The van der Waals surface area contributed by atoms with E-state index in [1.54, 1.807) is 25.2 Å². The standard InChI is InChI=1S/C18H17FN2O3S/c1-3-12-20-25(23,24)16-10-8-14(9-11-16)18(22)21(2)13-15-6-4-5-7-17(15)19/h1,4-11,20H,12-13H2,2H3. The van der Waals surface area contributed by atoms with Crippen molar-refractivity contribution in [1.82, 2.24) is 9.62 Å². The van der Waals surface area contributed by atoms with E-state index in [1.165, 1.54) is 35.2 Å². The van der Waals surface area contributed by atoms with Gasteiger partial charge in [0.2, 0.25) is 10.0 Å². The van der Waals surface area contributed by atoms with Crippen LogP contribution in [-0.2, 0) is 16.6 Å². The monoisotopic (exact) mass is 360 g/mol. The van der Waals surface area contributed by atoms with Crippen molar-refractivity contribution in [2.24, 2.45) is 0 Å². The predicted octanol–water partition coefficient (Wildman–Crippen LogP) is 2.01. The molecule has 0 aliphatic rings. The molecule has 5 nitrogen and oxygen atoms in total. The van der Waals surface area contributed by atoms with Gasteiger partial charge in [0.15, 0.2) is 0 Å². The highest BCUT2D eigenvalue weighted by atomic mass is 32.2. The largest absolute Gasteiger partial charge is 0.337 e. The summed E-state index contributed by atoms with van der Waals surface area (Å²) in [6.07, 6.45) is 5.03. The number of carbonyl (C=O) groups is 1. The summed E-state index contributed by atoms with van der Waals surface area (Å²) in [5, 5.41) is 0. The fraction of sp³-hybridized carbons (Fsp3) is 0.167. The van der Waals surface area contributed by atoms with Crippen LogP contribution in [0.2, 0.25) is 0 Å². The van der Waals surface area contributed by atoms with Crippen LogP contribution in [0.1, 0.15) is 15.9 Å². The molecule has 1 N–H and O–H groups in total. The van der Waals surface area contributed by atoms with Gasteiger partial charge in [-0.1, -0.05) is 24.1 Å². The smallest absolute Gasteiger partial charge is 0.253 e. The summed E-state index contributed by atoms with van der Waals surface area (Å²) in [7, 11) is -2.16. The van der Waals surface area contributed by atoms with Crippen LogP contribution in [0.25, 0.3) is 0 Å². The summed E-state index contributed by atoms with van der Waals surface area (Å²) in [5.74, 6) is 1.45. The number of sulfonamides is 1. The summed E-state index contributed by atoms with van der Waals surface area (Å²) >= 11 is 0. The minimum absolute atomic E-state index is 0.0102. The summed E-state index contributed by atoms with van der Waals surface area (Å²) in [6.45, 7) is -0.0102. The second-order valence-electron chi connectivity index (χ2n) is 5.31. The van der Waals surface area contributed by atoms with Crippen LogP contribution >= 0.6 is 0 Å². The van der Waals surface area contributed by atoms with E-state index in [0.29, 0.717) is 11.1 Å². The van der Waals surface area contributed by atoms with Crippen LogP contribution in [0.5, 0.6) is 0 Å². The molecule has 0 bridgehead atoms. The molecule has 0 aliphatic carbocycles. The fourth-order valence-corrected chi connectivity index (χ4v) is 3.11. The lowest BCUT2D eigenvalue weighted by molar-refractivity contribution is 0.0783. The molecule has 2 rings (SSSR count). The molecule has 0 unspecified atom stereocenters. The van der Waals surface area contributed by atoms with E-state index in [1.807, 2.05) is 0 Å². The maximum absolute atomic E-state index is 13.7. The number of hydrogen-bond acceptors (Lipinski definition) is 3. The van der Waals surface area contributed by atoms with Gasteiger partial charge in [-0.15, -0.1) is 6.42 Å². The number of benzene rings is 2. The van der Waals surface area contributed by atoms with Crippen LogP contribution in [-0.4, -0.2) is 32.8 Å². The van der Waals surface area contributed by atoms with Gasteiger partial charge in [-0.05, 0) is 30.3 Å². The molecule has 0 radical (unpaired) electrons. The van der Waals surface area contributed by atoms with Crippen molar-refractivity contribution in [3.05, 3.63) is 65.5 Å². The molecule has 0 spiro atoms. The first-order valence-electron chi connectivity index (χ1n) is 7.37. The highest BCUT2D eigenvalue weighted by molar-refractivity contribution is 7.89. The van der Waals surface area contributed by atoms with Crippen molar-refractivity contribution >= 4 is 15.9 Å². The van der Waals surface area contributed by atoms with E-state index in [-0.39, 0.29) is 29.7 Å². The Hall–Kier alpha value is -2.69. The number of rotatable bonds is 6. The van der Waals surface area contributed by atoms with Crippen LogP contribution in [0.4, 0.5) is 4.39 Å². The Labute approximate surface area is 146 Å². The van der Waals surface area contributed by atoms with Gasteiger partial charge in [0, 0.05) is 24.7 Å². The fourth-order valence-electron chi connectivity index (χ4n) is 2.17. The van der Waals surface area contributed by atoms with Crippen molar-refractivity contribution in [3.63, 3.8) is 0 Å². The molecule has 0 saturated carbocycles. The number of carbonyl (C=O) groups excluding carboxylic acids is 1. The zero-order valence-corrected chi connectivity index (χ0v) is 14.4. The summed E-state index contributed by atoms with van der Waals surface area (Å²) in [5.41, 5.74) is 0.700. The van der Waals surface area contributed by atoms with Gasteiger partial charge in [0.1, 0.15) is 5.82 Å². The Bertz CT molecular complexity index is 903. The summed E-state index contributed by atoms with van der Waals surface area (Å²) in [6, 6.07) is 11.7. The van der Waals surface area contributed by atoms with Crippen molar-refractivity contribution in [1.29, 1.82) is 0 Å². The molecular weight excluding hydrogens is 343 g/mol. The second kappa shape index (κ2) is 7.92. The Kier molecular flexibility index (Phi) is 5.91. The maximum Gasteiger partial charge on any atom is 0.253 e. The SMILES string of the molecule is C#CCNS(=O)(=O)c1ccc(C(=O)N(C)Cc2ccccc2F)cc1. The van der Waals surface area contributed by atoms with Gasteiger partial charge < -0.3 is 4.90 Å². The Morgan fingerprint density at radius 1 is 1.20 bits per heavy atom. The third kappa shape index (κ3) is 4.66. The van der Waals surface area contributed by atoms with E-state index in [9.17, 15) is 17.6 Å². The molecule has 2 aromatic carbocycles. The van der Waals surface area contributed by atoms with Crippen molar-refractivity contribution in [2.75, 3.05) is 13.6 Å². The Morgan fingerprint density at radius 2 is 1.84 bits per heavy atom. The number of hydrogen-bond donors (Lipinski definition) is 1. The lowest BCUT2D eigenvalue weighted by Gasteiger charge is -2.18. The molecular formula is C18H17FN2O3S. The maximum atomic E-state index is 13.7. The molecule has 0 aromatic heterocycles. The Morgan fingerprint density at radius 3 is 2.44 bits per heavy atom. The third-order valence-electron chi connectivity index (χ3n) is 3.49. The second-order valence-corrected chi connectivity index (χ2v) is 7.07. The molecule has 2 aromatic rings.